The molecule has 0 spiro atoms. The first-order valence-corrected chi connectivity index (χ1v) is 6.22. The fourth-order valence-corrected chi connectivity index (χ4v) is 2.08. The Morgan fingerprint density at radius 1 is 1.56 bits per heavy atom. The lowest BCUT2D eigenvalue weighted by molar-refractivity contribution is 0.205. The van der Waals surface area contributed by atoms with Crippen LogP contribution in [-0.4, -0.2) is 17.1 Å². The number of rotatable bonds is 5. The molecule has 3 nitrogen and oxygen atoms in total. The lowest BCUT2D eigenvalue weighted by atomic mass is 9.93. The minimum Gasteiger partial charge on any atom is -0.489 e. The number of nitrogens with zero attached hydrogens (tertiary/aromatic N) is 1. The van der Waals surface area contributed by atoms with E-state index in [0.717, 1.165) is 16.8 Å². The van der Waals surface area contributed by atoms with Crippen LogP contribution in [0.1, 0.15) is 27.2 Å². The average molecular weight is 287 g/mol. The third-order valence-electron chi connectivity index (χ3n) is 2.16. The average Bonchev–Trinajstić information content (AvgIpc) is 2.14. The van der Waals surface area contributed by atoms with Crippen molar-refractivity contribution in [1.29, 1.82) is 0 Å². The van der Waals surface area contributed by atoms with Crippen LogP contribution in [0.4, 0.5) is 0 Å². The van der Waals surface area contributed by atoms with Gasteiger partial charge in [-0.05, 0) is 47.3 Å². The first-order valence-electron chi connectivity index (χ1n) is 5.43. The van der Waals surface area contributed by atoms with E-state index in [1.54, 1.807) is 6.20 Å². The summed E-state index contributed by atoms with van der Waals surface area (Å²) in [5.74, 6) is 1.30. The topological polar surface area (TPSA) is 48.1 Å². The molecule has 0 aliphatic heterocycles. The van der Waals surface area contributed by atoms with Crippen LogP contribution in [0.15, 0.2) is 22.9 Å². The molecule has 0 amide bonds. The lowest BCUT2D eigenvalue weighted by Gasteiger charge is -2.26. The van der Waals surface area contributed by atoms with Gasteiger partial charge in [-0.3, -0.25) is 0 Å². The van der Waals surface area contributed by atoms with Crippen molar-refractivity contribution in [1.82, 2.24) is 4.98 Å². The highest BCUT2D eigenvalue weighted by molar-refractivity contribution is 9.10. The van der Waals surface area contributed by atoms with Crippen molar-refractivity contribution < 1.29 is 4.74 Å². The molecule has 0 saturated carbocycles. The van der Waals surface area contributed by atoms with E-state index in [0.29, 0.717) is 12.5 Å². The van der Waals surface area contributed by atoms with E-state index in [9.17, 15) is 0 Å². The van der Waals surface area contributed by atoms with Crippen LogP contribution < -0.4 is 10.5 Å². The van der Waals surface area contributed by atoms with Crippen molar-refractivity contribution in [3.05, 3.63) is 22.9 Å². The largest absolute Gasteiger partial charge is 0.489 e. The van der Waals surface area contributed by atoms with Gasteiger partial charge in [0.1, 0.15) is 11.2 Å². The second-order valence-electron chi connectivity index (χ2n) is 4.83. The molecule has 0 fully saturated rings. The molecule has 1 aromatic heterocycles. The van der Waals surface area contributed by atoms with Crippen LogP contribution in [0.5, 0.6) is 5.75 Å². The van der Waals surface area contributed by atoms with Gasteiger partial charge in [-0.15, -0.1) is 0 Å². The SMILES string of the molecule is CC(C)C[C@](C)(N)COc1cccnc1Br. The molecular formula is C12H19BrN2O. The molecule has 1 rings (SSSR count). The predicted octanol–water partition coefficient (Wildman–Crippen LogP) is 2.99. The van der Waals surface area contributed by atoms with Gasteiger partial charge in [0.15, 0.2) is 5.75 Å². The predicted molar refractivity (Wildman–Crippen MR) is 69.5 cm³/mol. The van der Waals surface area contributed by atoms with E-state index < -0.39 is 0 Å². The van der Waals surface area contributed by atoms with Crippen molar-refractivity contribution in [3.63, 3.8) is 0 Å². The van der Waals surface area contributed by atoms with E-state index in [1.807, 2.05) is 19.1 Å². The number of aromatic nitrogens is 1. The highest BCUT2D eigenvalue weighted by atomic mass is 79.9. The fourth-order valence-electron chi connectivity index (χ4n) is 1.71. The second-order valence-corrected chi connectivity index (χ2v) is 5.58. The van der Waals surface area contributed by atoms with Gasteiger partial charge >= 0.3 is 0 Å². The molecule has 0 bridgehead atoms. The number of halogens is 1. The minimum absolute atomic E-state index is 0.302. The number of ether oxygens (including phenoxy) is 1. The van der Waals surface area contributed by atoms with Crippen molar-refractivity contribution in [2.45, 2.75) is 32.7 Å². The van der Waals surface area contributed by atoms with Crippen LogP contribution in [0.25, 0.3) is 0 Å². The van der Waals surface area contributed by atoms with Gasteiger partial charge in [0.25, 0.3) is 0 Å². The molecule has 16 heavy (non-hydrogen) atoms. The summed E-state index contributed by atoms with van der Waals surface area (Å²) in [6, 6.07) is 3.72. The van der Waals surface area contributed by atoms with E-state index in [1.165, 1.54) is 0 Å². The van der Waals surface area contributed by atoms with Crippen LogP contribution in [0.2, 0.25) is 0 Å². The zero-order valence-corrected chi connectivity index (χ0v) is 11.6. The first-order chi connectivity index (χ1) is 7.41. The Labute approximate surface area is 106 Å². The molecule has 0 saturated heterocycles. The molecule has 1 atom stereocenters. The summed E-state index contributed by atoms with van der Waals surface area (Å²) in [6.45, 7) is 6.82. The second kappa shape index (κ2) is 5.64. The maximum absolute atomic E-state index is 6.15. The minimum atomic E-state index is -0.302. The Kier molecular flexibility index (Phi) is 4.74. The van der Waals surface area contributed by atoms with Crippen LogP contribution in [-0.2, 0) is 0 Å². The van der Waals surface area contributed by atoms with Crippen molar-refractivity contribution in [2.75, 3.05) is 6.61 Å². The monoisotopic (exact) mass is 286 g/mol. The summed E-state index contributed by atoms with van der Waals surface area (Å²) in [5.41, 5.74) is 5.85. The third-order valence-corrected chi connectivity index (χ3v) is 2.75. The maximum Gasteiger partial charge on any atom is 0.152 e. The smallest absolute Gasteiger partial charge is 0.152 e. The zero-order valence-electron chi connectivity index (χ0n) is 10.0. The van der Waals surface area contributed by atoms with Crippen molar-refractivity contribution >= 4 is 15.9 Å². The Morgan fingerprint density at radius 3 is 2.81 bits per heavy atom. The Balaban J connectivity index is 2.54. The Bertz CT molecular complexity index is 340. The van der Waals surface area contributed by atoms with Gasteiger partial charge in [0.2, 0.25) is 0 Å². The molecule has 2 N–H and O–H groups in total. The van der Waals surface area contributed by atoms with Gasteiger partial charge in [-0.1, -0.05) is 13.8 Å². The van der Waals surface area contributed by atoms with E-state index in [-0.39, 0.29) is 5.54 Å². The number of nitrogens with two attached hydrogens (primary N) is 1. The van der Waals surface area contributed by atoms with Crippen LogP contribution in [0, 0.1) is 5.92 Å². The normalized spacial score (nSPS) is 14.9. The molecule has 90 valence electrons. The molecule has 0 aliphatic carbocycles. The summed E-state index contributed by atoms with van der Waals surface area (Å²) < 4.78 is 6.39. The molecule has 0 radical (unpaired) electrons. The van der Waals surface area contributed by atoms with Gasteiger partial charge in [-0.2, -0.15) is 0 Å². The summed E-state index contributed by atoms with van der Waals surface area (Å²) in [4.78, 5) is 4.09. The lowest BCUT2D eigenvalue weighted by Crippen LogP contribution is -2.43. The maximum atomic E-state index is 6.15. The van der Waals surface area contributed by atoms with E-state index in [4.69, 9.17) is 10.5 Å². The summed E-state index contributed by atoms with van der Waals surface area (Å²) >= 11 is 3.34. The molecular weight excluding hydrogens is 268 g/mol. The van der Waals surface area contributed by atoms with Gasteiger partial charge < -0.3 is 10.5 Å². The first kappa shape index (κ1) is 13.5. The third kappa shape index (κ3) is 4.49. The summed E-state index contributed by atoms with van der Waals surface area (Å²) in [5, 5.41) is 0. The summed E-state index contributed by atoms with van der Waals surface area (Å²) in [6.07, 6.45) is 2.65. The highest BCUT2D eigenvalue weighted by Gasteiger charge is 2.21. The Hall–Kier alpha value is -0.610. The van der Waals surface area contributed by atoms with E-state index >= 15 is 0 Å². The molecule has 1 aromatic rings. The molecule has 0 aliphatic rings. The summed E-state index contributed by atoms with van der Waals surface area (Å²) in [7, 11) is 0. The van der Waals surface area contributed by atoms with E-state index in [2.05, 4.69) is 34.8 Å². The van der Waals surface area contributed by atoms with Crippen LogP contribution in [0.3, 0.4) is 0 Å². The molecule has 1 heterocycles. The van der Waals surface area contributed by atoms with Crippen molar-refractivity contribution in [2.24, 2.45) is 11.7 Å². The zero-order chi connectivity index (χ0) is 12.2. The molecule has 0 unspecified atom stereocenters. The fraction of sp³-hybridized carbons (Fsp3) is 0.583. The highest BCUT2D eigenvalue weighted by Crippen LogP contribution is 2.23. The molecule has 0 aromatic carbocycles. The number of pyridine rings is 1. The number of hydrogen-bond acceptors (Lipinski definition) is 3. The standard InChI is InChI=1S/C12H19BrN2O/c1-9(2)7-12(3,14)8-16-10-5-4-6-15-11(10)13/h4-6,9H,7-8,14H2,1-3H3/t12-/m0/s1. The van der Waals surface area contributed by atoms with Crippen molar-refractivity contribution in [3.8, 4) is 5.75 Å². The molecule has 4 heteroatoms. The van der Waals surface area contributed by atoms with Gasteiger partial charge in [0, 0.05) is 11.7 Å². The van der Waals surface area contributed by atoms with Gasteiger partial charge in [0.05, 0.1) is 0 Å². The van der Waals surface area contributed by atoms with Gasteiger partial charge in [-0.25, -0.2) is 4.98 Å². The van der Waals surface area contributed by atoms with Crippen LogP contribution >= 0.6 is 15.9 Å². The Morgan fingerprint density at radius 2 is 2.25 bits per heavy atom. The number of hydrogen-bond donors (Lipinski definition) is 1. The quantitative estimate of drug-likeness (QED) is 0.847.